The summed E-state index contributed by atoms with van der Waals surface area (Å²) in [5, 5.41) is 0.250. The van der Waals surface area contributed by atoms with Crippen LogP contribution in [0.15, 0.2) is 0 Å². The quantitative estimate of drug-likeness (QED) is 0.613. The van der Waals surface area contributed by atoms with Crippen LogP contribution in [-0.2, 0) is 11.0 Å². The van der Waals surface area contributed by atoms with Crippen molar-refractivity contribution in [3.8, 4) is 0 Å². The fraction of sp³-hybridized carbons (Fsp3) is 1.00. The van der Waals surface area contributed by atoms with Gasteiger partial charge in [0, 0.05) is 18.3 Å². The van der Waals surface area contributed by atoms with Gasteiger partial charge in [-0.3, -0.25) is 0 Å². The first-order valence-electron chi connectivity index (χ1n) is 3.79. The third-order valence-corrected chi connectivity index (χ3v) is 3.20. The lowest BCUT2D eigenvalue weighted by atomic mass is 10.6. The molecule has 0 N–H and O–H groups in total. The van der Waals surface area contributed by atoms with Crippen LogP contribution in [0.2, 0.25) is 0 Å². The first kappa shape index (κ1) is 10.1. The molecule has 0 saturated carbocycles. The fourth-order valence-electron chi connectivity index (χ4n) is 0.776. The first-order chi connectivity index (χ1) is 4.63. The van der Waals surface area contributed by atoms with Crippen molar-refractivity contribution >= 4 is 11.0 Å². The van der Waals surface area contributed by atoms with Crippen molar-refractivity contribution in [2.45, 2.75) is 32.9 Å². The van der Waals surface area contributed by atoms with E-state index in [4.69, 9.17) is 0 Å². The lowest BCUT2D eigenvalue weighted by molar-refractivity contribution is 0.485. The SMILES string of the molecule is CCN(CC)S(=O)C(C)C. The van der Waals surface area contributed by atoms with E-state index in [0.717, 1.165) is 13.1 Å². The molecule has 0 aliphatic heterocycles. The minimum absolute atomic E-state index is 0.250. The van der Waals surface area contributed by atoms with Crippen LogP contribution in [0.5, 0.6) is 0 Å². The summed E-state index contributed by atoms with van der Waals surface area (Å²) in [4.78, 5) is 0. The molecule has 0 aromatic heterocycles. The zero-order valence-corrected chi connectivity index (χ0v) is 8.07. The molecule has 0 amide bonds. The van der Waals surface area contributed by atoms with Crippen LogP contribution < -0.4 is 0 Å². The lowest BCUT2D eigenvalue weighted by Crippen LogP contribution is -2.30. The second kappa shape index (κ2) is 4.85. The van der Waals surface area contributed by atoms with E-state index in [1.165, 1.54) is 0 Å². The summed E-state index contributed by atoms with van der Waals surface area (Å²) in [5.41, 5.74) is 0. The van der Waals surface area contributed by atoms with E-state index in [9.17, 15) is 4.21 Å². The molecule has 0 heterocycles. The van der Waals surface area contributed by atoms with Gasteiger partial charge in [-0.15, -0.1) is 0 Å². The third-order valence-electron chi connectivity index (χ3n) is 1.36. The Labute approximate surface area is 66.2 Å². The number of hydrogen-bond acceptors (Lipinski definition) is 1. The molecule has 1 atom stereocenters. The molecule has 0 radical (unpaired) electrons. The Morgan fingerprint density at radius 1 is 1.30 bits per heavy atom. The molecule has 0 saturated heterocycles. The fourth-order valence-corrected chi connectivity index (χ4v) is 1.88. The van der Waals surface area contributed by atoms with Crippen LogP contribution in [0, 0.1) is 0 Å². The van der Waals surface area contributed by atoms with Crippen molar-refractivity contribution in [1.82, 2.24) is 4.31 Å². The molecule has 0 aromatic carbocycles. The van der Waals surface area contributed by atoms with Gasteiger partial charge in [-0.05, 0) is 13.8 Å². The van der Waals surface area contributed by atoms with Gasteiger partial charge in [0.25, 0.3) is 0 Å². The molecule has 0 aliphatic carbocycles. The molecule has 0 rings (SSSR count). The molecule has 0 spiro atoms. The van der Waals surface area contributed by atoms with Crippen LogP contribution in [0.3, 0.4) is 0 Å². The molecule has 3 heteroatoms. The number of hydrogen-bond donors (Lipinski definition) is 0. The molecule has 0 aromatic rings. The normalized spacial score (nSPS) is 14.6. The topological polar surface area (TPSA) is 20.3 Å². The Balaban J connectivity index is 3.89. The monoisotopic (exact) mass is 163 g/mol. The number of rotatable bonds is 4. The maximum atomic E-state index is 11.3. The van der Waals surface area contributed by atoms with Gasteiger partial charge >= 0.3 is 0 Å². The van der Waals surface area contributed by atoms with E-state index in [1.807, 2.05) is 32.0 Å². The molecule has 62 valence electrons. The third kappa shape index (κ3) is 2.80. The summed E-state index contributed by atoms with van der Waals surface area (Å²) in [6, 6.07) is 0. The average molecular weight is 163 g/mol. The maximum Gasteiger partial charge on any atom is 0.0968 e. The molecule has 0 aliphatic rings. The van der Waals surface area contributed by atoms with Crippen LogP contribution in [0.4, 0.5) is 0 Å². The van der Waals surface area contributed by atoms with E-state index < -0.39 is 11.0 Å². The summed E-state index contributed by atoms with van der Waals surface area (Å²) in [5.74, 6) is 0. The zero-order valence-electron chi connectivity index (χ0n) is 7.26. The highest BCUT2D eigenvalue weighted by Gasteiger charge is 2.11. The highest BCUT2D eigenvalue weighted by Crippen LogP contribution is 2.00. The standard InChI is InChI=1S/C7H17NOS/c1-5-8(6-2)10(9)7(3)4/h7H,5-6H2,1-4H3. The average Bonchev–Trinajstić information content (AvgIpc) is 1.90. The number of nitrogens with zero attached hydrogens (tertiary/aromatic N) is 1. The summed E-state index contributed by atoms with van der Waals surface area (Å²) >= 11 is 0. The van der Waals surface area contributed by atoms with Crippen LogP contribution in [0.25, 0.3) is 0 Å². The van der Waals surface area contributed by atoms with Crippen LogP contribution in [0.1, 0.15) is 27.7 Å². The Hall–Kier alpha value is 0.110. The van der Waals surface area contributed by atoms with Crippen molar-refractivity contribution in [3.63, 3.8) is 0 Å². The second-order valence-electron chi connectivity index (χ2n) is 2.44. The molecule has 1 unspecified atom stereocenters. The zero-order chi connectivity index (χ0) is 8.15. The van der Waals surface area contributed by atoms with E-state index in [2.05, 4.69) is 0 Å². The van der Waals surface area contributed by atoms with Gasteiger partial charge in [0.15, 0.2) is 0 Å². The highest BCUT2D eigenvalue weighted by atomic mass is 32.2. The first-order valence-corrected chi connectivity index (χ1v) is 4.96. The van der Waals surface area contributed by atoms with Crippen molar-refractivity contribution in [1.29, 1.82) is 0 Å². The molecule has 0 bridgehead atoms. The molecular formula is C7H17NOS. The second-order valence-corrected chi connectivity index (χ2v) is 4.45. The van der Waals surface area contributed by atoms with Crippen molar-refractivity contribution in [3.05, 3.63) is 0 Å². The minimum Gasteiger partial charge on any atom is -0.242 e. The van der Waals surface area contributed by atoms with Crippen LogP contribution in [-0.4, -0.2) is 26.9 Å². The Bertz CT molecular complexity index is 110. The molecule has 0 fully saturated rings. The van der Waals surface area contributed by atoms with Gasteiger partial charge < -0.3 is 0 Å². The molecular weight excluding hydrogens is 146 g/mol. The Morgan fingerprint density at radius 2 is 1.70 bits per heavy atom. The van der Waals surface area contributed by atoms with E-state index in [-0.39, 0.29) is 5.25 Å². The minimum atomic E-state index is -0.776. The van der Waals surface area contributed by atoms with Crippen molar-refractivity contribution in [2.75, 3.05) is 13.1 Å². The Morgan fingerprint density at radius 3 is 1.80 bits per heavy atom. The highest BCUT2D eigenvalue weighted by molar-refractivity contribution is 7.83. The summed E-state index contributed by atoms with van der Waals surface area (Å²) < 4.78 is 13.3. The molecule has 10 heavy (non-hydrogen) atoms. The summed E-state index contributed by atoms with van der Waals surface area (Å²) in [6.45, 7) is 9.78. The summed E-state index contributed by atoms with van der Waals surface area (Å²) in [6.07, 6.45) is 0. The van der Waals surface area contributed by atoms with Crippen LogP contribution >= 0.6 is 0 Å². The van der Waals surface area contributed by atoms with Gasteiger partial charge in [0.05, 0.1) is 11.0 Å². The van der Waals surface area contributed by atoms with E-state index >= 15 is 0 Å². The van der Waals surface area contributed by atoms with E-state index in [0.29, 0.717) is 0 Å². The van der Waals surface area contributed by atoms with Crippen molar-refractivity contribution < 1.29 is 4.21 Å². The van der Waals surface area contributed by atoms with Gasteiger partial charge in [-0.1, -0.05) is 13.8 Å². The van der Waals surface area contributed by atoms with Gasteiger partial charge in [0.2, 0.25) is 0 Å². The lowest BCUT2D eigenvalue weighted by Gasteiger charge is -2.18. The van der Waals surface area contributed by atoms with E-state index in [1.54, 1.807) is 0 Å². The molecule has 2 nitrogen and oxygen atoms in total. The van der Waals surface area contributed by atoms with Gasteiger partial charge in [-0.25, -0.2) is 8.51 Å². The largest absolute Gasteiger partial charge is 0.242 e. The van der Waals surface area contributed by atoms with Crippen molar-refractivity contribution in [2.24, 2.45) is 0 Å². The maximum absolute atomic E-state index is 11.3. The predicted molar refractivity (Wildman–Crippen MR) is 46.2 cm³/mol. The summed E-state index contributed by atoms with van der Waals surface area (Å²) in [7, 11) is -0.776. The van der Waals surface area contributed by atoms with Gasteiger partial charge in [0.1, 0.15) is 0 Å². The predicted octanol–water partition coefficient (Wildman–Crippen LogP) is 1.40. The smallest absolute Gasteiger partial charge is 0.0968 e. The Kier molecular flexibility index (Phi) is 4.91. The van der Waals surface area contributed by atoms with Gasteiger partial charge in [-0.2, -0.15) is 0 Å².